The van der Waals surface area contributed by atoms with Crippen LogP contribution in [0.1, 0.15) is 24.5 Å². The molecule has 2 aromatic rings. The van der Waals surface area contributed by atoms with Gasteiger partial charge in [0.1, 0.15) is 0 Å². The number of nitrogens with one attached hydrogen (secondary N) is 2. The minimum absolute atomic E-state index is 0.441. The van der Waals surface area contributed by atoms with E-state index in [1.165, 1.54) is 5.56 Å². The van der Waals surface area contributed by atoms with Gasteiger partial charge in [0, 0.05) is 38.3 Å². The molecule has 0 fully saturated rings. The molecule has 0 radical (unpaired) electrons. The Kier molecular flexibility index (Phi) is 9.97. The van der Waals surface area contributed by atoms with Gasteiger partial charge in [0.25, 0.3) is 0 Å². The molecule has 0 aliphatic heterocycles. The van der Waals surface area contributed by atoms with Crippen molar-refractivity contribution in [2.24, 2.45) is 4.99 Å². The molecular weight excluding hydrogens is 392 g/mol. The molecule has 170 valence electrons. The van der Waals surface area contributed by atoms with Crippen LogP contribution < -0.4 is 24.8 Å². The summed E-state index contributed by atoms with van der Waals surface area (Å²) in [7, 11) is 8.77. The summed E-state index contributed by atoms with van der Waals surface area (Å²) in [4.78, 5) is 6.69. The zero-order valence-electron chi connectivity index (χ0n) is 19.6. The highest BCUT2D eigenvalue weighted by Gasteiger charge is 2.16. The Hall–Kier alpha value is -2.93. The van der Waals surface area contributed by atoms with Crippen LogP contribution >= 0.6 is 0 Å². The molecule has 7 nitrogen and oxygen atoms in total. The van der Waals surface area contributed by atoms with E-state index in [1.807, 2.05) is 18.2 Å². The number of benzene rings is 2. The summed E-state index contributed by atoms with van der Waals surface area (Å²) >= 11 is 0. The van der Waals surface area contributed by atoms with Gasteiger partial charge in [0.05, 0.1) is 21.3 Å². The van der Waals surface area contributed by atoms with E-state index in [-0.39, 0.29) is 0 Å². The van der Waals surface area contributed by atoms with E-state index in [4.69, 9.17) is 14.2 Å². The van der Waals surface area contributed by atoms with Crippen molar-refractivity contribution in [3.63, 3.8) is 0 Å². The van der Waals surface area contributed by atoms with Gasteiger partial charge in [-0.15, -0.1) is 0 Å². The second-order valence-corrected chi connectivity index (χ2v) is 7.38. The number of methoxy groups -OCH3 is 3. The van der Waals surface area contributed by atoms with Gasteiger partial charge in [0.15, 0.2) is 17.5 Å². The second kappa shape index (κ2) is 12.7. The highest BCUT2D eigenvalue weighted by molar-refractivity contribution is 5.79. The average Bonchev–Trinajstić information content (AvgIpc) is 2.80. The molecule has 2 N–H and O–H groups in total. The zero-order valence-corrected chi connectivity index (χ0v) is 19.6. The Morgan fingerprint density at radius 1 is 0.968 bits per heavy atom. The summed E-state index contributed by atoms with van der Waals surface area (Å²) in [5, 5.41) is 6.73. The molecule has 1 unspecified atom stereocenters. The number of guanidine groups is 1. The van der Waals surface area contributed by atoms with Gasteiger partial charge in [-0.2, -0.15) is 0 Å². The number of aliphatic imine (C=N–C) groups is 1. The molecule has 0 aliphatic carbocycles. The molecule has 0 saturated carbocycles. The summed E-state index contributed by atoms with van der Waals surface area (Å²) < 4.78 is 16.4. The Labute approximate surface area is 186 Å². The van der Waals surface area contributed by atoms with Crippen LogP contribution in [0.4, 0.5) is 0 Å². The molecule has 0 heterocycles. The normalized spacial score (nSPS) is 12.4. The fourth-order valence-corrected chi connectivity index (χ4v) is 3.35. The molecule has 2 aromatic carbocycles. The number of hydrogen-bond acceptors (Lipinski definition) is 5. The lowest BCUT2D eigenvalue weighted by Crippen LogP contribution is -2.39. The smallest absolute Gasteiger partial charge is 0.203 e. The average molecular weight is 429 g/mol. The maximum Gasteiger partial charge on any atom is 0.203 e. The molecule has 1 atom stereocenters. The van der Waals surface area contributed by atoms with E-state index in [2.05, 4.69) is 58.8 Å². The van der Waals surface area contributed by atoms with E-state index in [0.29, 0.717) is 29.8 Å². The summed E-state index contributed by atoms with van der Waals surface area (Å²) in [6, 6.07) is 14.8. The van der Waals surface area contributed by atoms with Crippen LogP contribution in [0.2, 0.25) is 0 Å². The van der Waals surface area contributed by atoms with Crippen LogP contribution in [0.15, 0.2) is 47.5 Å². The van der Waals surface area contributed by atoms with E-state index in [1.54, 1.807) is 28.4 Å². The topological polar surface area (TPSA) is 67.4 Å². The van der Waals surface area contributed by atoms with Crippen molar-refractivity contribution >= 4 is 5.96 Å². The van der Waals surface area contributed by atoms with Crippen LogP contribution in [-0.4, -0.2) is 58.9 Å². The van der Waals surface area contributed by atoms with Crippen LogP contribution in [0, 0.1) is 0 Å². The Bertz CT molecular complexity index is 827. The predicted octanol–water partition coefficient (Wildman–Crippen LogP) is 3.29. The summed E-state index contributed by atoms with van der Waals surface area (Å²) in [5.74, 6) is 2.62. The van der Waals surface area contributed by atoms with Gasteiger partial charge >= 0.3 is 0 Å². The van der Waals surface area contributed by atoms with Crippen LogP contribution in [0.3, 0.4) is 0 Å². The third kappa shape index (κ3) is 7.07. The van der Waals surface area contributed by atoms with E-state index in [0.717, 1.165) is 31.0 Å². The fraction of sp³-hybridized carbons (Fsp3) is 0.458. The minimum atomic E-state index is 0.441. The lowest BCUT2D eigenvalue weighted by atomic mass is 10.1. The molecule has 31 heavy (non-hydrogen) atoms. The van der Waals surface area contributed by atoms with Gasteiger partial charge in [-0.25, -0.2) is 0 Å². The maximum atomic E-state index is 5.55. The third-order valence-electron chi connectivity index (χ3n) is 5.34. The molecular formula is C24H36N4O3. The highest BCUT2D eigenvalue weighted by Crippen LogP contribution is 2.39. The minimum Gasteiger partial charge on any atom is -0.493 e. The third-order valence-corrected chi connectivity index (χ3v) is 5.34. The van der Waals surface area contributed by atoms with Crippen LogP contribution in [-0.2, 0) is 13.1 Å². The molecule has 0 spiro atoms. The fourth-order valence-electron chi connectivity index (χ4n) is 3.35. The molecule has 0 aromatic heterocycles. The standard InChI is InChI=1S/C24H36N4O3/c1-18(28(3)17-19-10-8-7-9-11-19)14-15-26-24(25-2)27-16-20-12-13-21(29-4)23(31-6)22(20)30-5/h7-13,18H,14-17H2,1-6H3,(H2,25,26,27). The first kappa shape index (κ1) is 24.3. The molecule has 0 aliphatic rings. The molecule has 2 rings (SSSR count). The van der Waals surface area contributed by atoms with Crippen molar-refractivity contribution in [1.82, 2.24) is 15.5 Å². The molecule has 0 saturated heterocycles. The SMILES string of the molecule is CN=C(NCCC(C)N(C)Cc1ccccc1)NCc1ccc(OC)c(OC)c1OC. The zero-order chi connectivity index (χ0) is 22.6. The van der Waals surface area contributed by atoms with Crippen LogP contribution in [0.5, 0.6) is 17.2 Å². The number of nitrogens with zero attached hydrogens (tertiary/aromatic N) is 2. The van der Waals surface area contributed by atoms with Crippen molar-refractivity contribution in [2.45, 2.75) is 32.5 Å². The van der Waals surface area contributed by atoms with Gasteiger partial charge < -0.3 is 24.8 Å². The van der Waals surface area contributed by atoms with Gasteiger partial charge in [0.2, 0.25) is 5.75 Å². The van der Waals surface area contributed by atoms with Gasteiger partial charge in [-0.05, 0) is 38.1 Å². The first-order valence-electron chi connectivity index (χ1n) is 10.5. The quantitative estimate of drug-likeness (QED) is 0.423. The maximum absolute atomic E-state index is 5.55. The predicted molar refractivity (Wildman–Crippen MR) is 126 cm³/mol. The van der Waals surface area contributed by atoms with Crippen LogP contribution in [0.25, 0.3) is 0 Å². The first-order valence-corrected chi connectivity index (χ1v) is 10.5. The van der Waals surface area contributed by atoms with Crippen molar-refractivity contribution in [2.75, 3.05) is 42.0 Å². The van der Waals surface area contributed by atoms with Crippen molar-refractivity contribution in [3.8, 4) is 17.2 Å². The Balaban J connectivity index is 1.85. The van der Waals surface area contributed by atoms with E-state index >= 15 is 0 Å². The molecule has 7 heteroatoms. The number of hydrogen-bond donors (Lipinski definition) is 2. The largest absolute Gasteiger partial charge is 0.493 e. The summed E-state index contributed by atoms with van der Waals surface area (Å²) in [5.41, 5.74) is 2.28. The molecule has 0 amide bonds. The monoisotopic (exact) mass is 428 g/mol. The van der Waals surface area contributed by atoms with E-state index in [9.17, 15) is 0 Å². The first-order chi connectivity index (χ1) is 15.0. The summed E-state index contributed by atoms with van der Waals surface area (Å²) in [6.07, 6.45) is 1.00. The number of rotatable bonds is 11. The van der Waals surface area contributed by atoms with E-state index < -0.39 is 0 Å². The Morgan fingerprint density at radius 2 is 1.68 bits per heavy atom. The van der Waals surface area contributed by atoms with Crippen molar-refractivity contribution < 1.29 is 14.2 Å². The second-order valence-electron chi connectivity index (χ2n) is 7.38. The van der Waals surface area contributed by atoms with Gasteiger partial charge in [-0.3, -0.25) is 9.89 Å². The summed E-state index contributed by atoms with van der Waals surface area (Å²) in [6.45, 7) is 4.55. The van der Waals surface area contributed by atoms with Gasteiger partial charge in [-0.1, -0.05) is 30.3 Å². The lowest BCUT2D eigenvalue weighted by Gasteiger charge is -2.25. The highest BCUT2D eigenvalue weighted by atomic mass is 16.5. The number of ether oxygens (including phenoxy) is 3. The Morgan fingerprint density at radius 3 is 2.29 bits per heavy atom. The molecule has 0 bridgehead atoms. The van der Waals surface area contributed by atoms with Crippen molar-refractivity contribution in [3.05, 3.63) is 53.6 Å². The lowest BCUT2D eigenvalue weighted by molar-refractivity contribution is 0.238. The van der Waals surface area contributed by atoms with Crippen molar-refractivity contribution in [1.29, 1.82) is 0 Å².